The van der Waals surface area contributed by atoms with Crippen LogP contribution in [0.25, 0.3) is 28.1 Å². The number of anilines is 3. The van der Waals surface area contributed by atoms with Crippen molar-refractivity contribution in [1.29, 1.82) is 0 Å². The predicted octanol–water partition coefficient (Wildman–Crippen LogP) is 7.66. The molecule has 2 saturated heterocycles. The maximum Gasteiger partial charge on any atom is 0.215 e. The summed E-state index contributed by atoms with van der Waals surface area (Å²) in [6, 6.07) is 4.20. The highest BCUT2D eigenvalue weighted by atomic mass is 32.2. The number of rotatable bonds is 12. The van der Waals surface area contributed by atoms with Gasteiger partial charge in [0.05, 0.1) is 35.0 Å². The van der Waals surface area contributed by atoms with Crippen LogP contribution in [0.15, 0.2) is 109 Å². The number of aromatic nitrogens is 10. The third kappa shape index (κ3) is 13.4. The van der Waals surface area contributed by atoms with Crippen LogP contribution in [0, 0.1) is 12.8 Å². The number of ether oxygens (including phenoxy) is 1. The molecule has 0 aromatic carbocycles. The molecule has 370 valence electrons. The number of aryl methyl sites for hydroxylation is 3. The molecule has 6 N–H and O–H groups in total. The molecule has 0 amide bonds. The molecular weight excluding hydrogens is 921 g/mol. The fourth-order valence-electron chi connectivity index (χ4n) is 8.11. The van der Waals surface area contributed by atoms with Gasteiger partial charge in [0.1, 0.15) is 6.10 Å². The molecule has 19 nitrogen and oxygen atoms in total. The number of pyridine rings is 1. The van der Waals surface area contributed by atoms with Crippen LogP contribution in [0.4, 0.5) is 17.3 Å². The van der Waals surface area contributed by atoms with Gasteiger partial charge in [-0.05, 0) is 106 Å². The van der Waals surface area contributed by atoms with E-state index in [9.17, 15) is 0 Å². The number of hydrogen-bond donors (Lipinski definition) is 6. The second-order valence-corrected chi connectivity index (χ2v) is 18.4. The van der Waals surface area contributed by atoms with E-state index < -0.39 is 0 Å². The quantitative estimate of drug-likeness (QED) is 0.0514. The Labute approximate surface area is 418 Å². The molecule has 21 heteroatoms. The van der Waals surface area contributed by atoms with E-state index in [1.807, 2.05) is 97.3 Å². The SMILES string of the molecule is C=CN=C.CC.CCCc1cnsc1C.CN1C=C(c2cnc3c(Nc4ccnc(OC5CCNC5)c4)nccn23)CN1.Cn1cc(-c2cnc3c(NC4=CC(C5CCNCC5)NS4)nccn23)cn1. The summed E-state index contributed by atoms with van der Waals surface area (Å²) in [4.78, 5) is 27.1. The minimum Gasteiger partial charge on any atom is -0.473 e. The maximum absolute atomic E-state index is 5.95. The Morgan fingerprint density at radius 3 is 2.24 bits per heavy atom. The molecule has 7 aromatic heterocycles. The molecule has 4 aliphatic rings. The van der Waals surface area contributed by atoms with Crippen LogP contribution in [0.2, 0.25) is 0 Å². The maximum atomic E-state index is 5.95. The van der Waals surface area contributed by atoms with Gasteiger partial charge in [0.15, 0.2) is 22.9 Å². The number of aliphatic imine (C=N–C) groups is 1. The van der Waals surface area contributed by atoms with Crippen molar-refractivity contribution in [3.63, 3.8) is 0 Å². The third-order valence-electron chi connectivity index (χ3n) is 11.6. The van der Waals surface area contributed by atoms with E-state index in [4.69, 9.17) is 4.74 Å². The molecule has 11 heterocycles. The molecule has 2 fully saturated rings. The minimum absolute atomic E-state index is 0.172. The molecule has 0 radical (unpaired) electrons. The second kappa shape index (κ2) is 25.9. The van der Waals surface area contributed by atoms with E-state index in [-0.39, 0.29) is 6.10 Å². The molecule has 11 rings (SSSR count). The van der Waals surface area contributed by atoms with Crippen LogP contribution in [0.1, 0.15) is 62.6 Å². The van der Waals surface area contributed by atoms with Crippen molar-refractivity contribution in [3.8, 4) is 17.1 Å². The molecule has 70 heavy (non-hydrogen) atoms. The average molecular weight is 987 g/mol. The van der Waals surface area contributed by atoms with Crippen molar-refractivity contribution in [2.45, 2.75) is 71.9 Å². The van der Waals surface area contributed by atoms with Gasteiger partial charge in [-0.15, -0.1) is 0 Å². The Kier molecular flexibility index (Phi) is 19.0. The summed E-state index contributed by atoms with van der Waals surface area (Å²) < 4.78 is 19.5. The monoisotopic (exact) mass is 987 g/mol. The zero-order valence-electron chi connectivity index (χ0n) is 41.0. The first-order valence-electron chi connectivity index (χ1n) is 23.8. The lowest BCUT2D eigenvalue weighted by molar-refractivity contribution is 0.214. The number of hydrazine groups is 1. The summed E-state index contributed by atoms with van der Waals surface area (Å²) in [6.45, 7) is 19.5. The molecule has 2 unspecified atom stereocenters. The van der Waals surface area contributed by atoms with E-state index in [0.29, 0.717) is 23.7 Å². The highest BCUT2D eigenvalue weighted by Gasteiger charge is 2.27. The number of nitrogens with one attached hydrogen (secondary N) is 6. The van der Waals surface area contributed by atoms with Gasteiger partial charge in [0, 0.05) is 117 Å². The molecule has 7 aromatic rings. The molecule has 0 saturated carbocycles. The summed E-state index contributed by atoms with van der Waals surface area (Å²) in [5.41, 5.74) is 11.4. The first-order chi connectivity index (χ1) is 34.3. The van der Waals surface area contributed by atoms with Crippen LogP contribution >= 0.6 is 23.5 Å². The van der Waals surface area contributed by atoms with Crippen molar-refractivity contribution >= 4 is 64.4 Å². The highest BCUT2D eigenvalue weighted by Crippen LogP contribution is 2.31. The van der Waals surface area contributed by atoms with Gasteiger partial charge in [-0.1, -0.05) is 33.8 Å². The first-order valence-corrected chi connectivity index (χ1v) is 25.4. The normalized spacial score (nSPS) is 17.4. The van der Waals surface area contributed by atoms with Gasteiger partial charge in [-0.25, -0.2) is 34.7 Å². The van der Waals surface area contributed by atoms with E-state index in [1.165, 1.54) is 47.9 Å². The first kappa shape index (κ1) is 51.4. The smallest absolute Gasteiger partial charge is 0.215 e. The van der Waals surface area contributed by atoms with Gasteiger partial charge in [-0.2, -0.15) is 5.10 Å². The van der Waals surface area contributed by atoms with E-state index in [2.05, 4.69) is 110 Å². The fraction of sp³-hybridized carbons (Fsp3) is 0.388. The number of imidazole rings is 2. The Morgan fingerprint density at radius 2 is 1.61 bits per heavy atom. The summed E-state index contributed by atoms with van der Waals surface area (Å²) in [7, 11) is 3.90. The summed E-state index contributed by atoms with van der Waals surface area (Å²) in [6.07, 6.45) is 30.5. The summed E-state index contributed by atoms with van der Waals surface area (Å²) in [5.74, 6) is 2.75. The predicted molar refractivity (Wildman–Crippen MR) is 285 cm³/mol. The Morgan fingerprint density at radius 1 is 0.900 bits per heavy atom. The fourth-order valence-corrected chi connectivity index (χ4v) is 9.61. The van der Waals surface area contributed by atoms with E-state index in [0.717, 1.165) is 83.9 Å². The van der Waals surface area contributed by atoms with Crippen molar-refractivity contribution < 1.29 is 4.74 Å². The molecule has 2 atom stereocenters. The van der Waals surface area contributed by atoms with Gasteiger partial charge < -0.3 is 31.0 Å². The molecular formula is C49H66N18OS2. The highest BCUT2D eigenvalue weighted by molar-refractivity contribution is 8.01. The zero-order chi connectivity index (χ0) is 49.2. The molecule has 0 aliphatic carbocycles. The van der Waals surface area contributed by atoms with E-state index >= 15 is 0 Å². The van der Waals surface area contributed by atoms with Gasteiger partial charge in [-0.3, -0.25) is 23.2 Å². The average Bonchev–Trinajstić information content (AvgIpc) is 4.26. The van der Waals surface area contributed by atoms with Crippen LogP contribution in [-0.2, 0) is 13.5 Å². The zero-order valence-corrected chi connectivity index (χ0v) is 42.6. The van der Waals surface area contributed by atoms with Crippen LogP contribution < -0.4 is 36.2 Å². The van der Waals surface area contributed by atoms with Crippen molar-refractivity contribution in [2.75, 3.05) is 50.4 Å². The third-order valence-corrected chi connectivity index (χ3v) is 13.2. The summed E-state index contributed by atoms with van der Waals surface area (Å²) in [5, 5.41) is 20.8. The van der Waals surface area contributed by atoms with E-state index in [1.54, 1.807) is 46.8 Å². The summed E-state index contributed by atoms with van der Waals surface area (Å²) >= 11 is 3.24. The lowest BCUT2D eigenvalue weighted by Crippen LogP contribution is -2.36. The molecule has 0 spiro atoms. The Balaban J connectivity index is 0.000000161. The molecule has 4 aliphatic heterocycles. The van der Waals surface area contributed by atoms with Crippen LogP contribution in [0.3, 0.4) is 0 Å². The molecule has 0 bridgehead atoms. The number of fused-ring (bicyclic) bond motifs is 2. The Bertz CT molecular complexity index is 2810. The minimum atomic E-state index is 0.172. The largest absolute Gasteiger partial charge is 0.473 e. The Hall–Kier alpha value is -6.49. The lowest BCUT2D eigenvalue weighted by Gasteiger charge is -2.26. The number of piperidine rings is 1. The topological polar surface area (TPSA) is 201 Å². The van der Waals surface area contributed by atoms with Gasteiger partial charge in [0.25, 0.3) is 0 Å². The number of hydrogen-bond acceptors (Lipinski definition) is 18. The van der Waals surface area contributed by atoms with Crippen LogP contribution in [-0.4, -0.2) is 112 Å². The number of nitrogens with zero attached hydrogens (tertiary/aromatic N) is 12. The van der Waals surface area contributed by atoms with Crippen molar-refractivity contribution in [1.82, 2.24) is 73.7 Å². The standard InChI is InChI=1S/C19H22N8O.C18H22N8S.C7H11NS.C3H5N.C2H6/c1-26-12-13(9-24-26)16-11-23-19-18(22-6-7-27(16)19)25-14-2-5-21-17(8-14)28-15-3-4-20-10-15;1-25-11-13(9-22-25)15-10-21-18-17(20-6-7-26(15)18)23-16-8-14(24-27-16)12-2-4-19-5-3-12;1-3-4-7-5-8-9-6(7)2;1-3-4-2;1-2/h2,5-8,11-12,15,20,24H,3-4,9-10H2,1H3,(H,21,22,25);6-12,14,19,24H,2-5H2,1H3,(H,20,23);5H,3-4H2,1-2H3;3H,1-2H2;1-2H3. The second-order valence-electron chi connectivity index (χ2n) is 16.5. The van der Waals surface area contributed by atoms with Crippen molar-refractivity contribution in [2.24, 2.45) is 18.0 Å². The lowest BCUT2D eigenvalue weighted by atomic mass is 9.91. The van der Waals surface area contributed by atoms with Gasteiger partial charge in [0.2, 0.25) is 5.88 Å². The van der Waals surface area contributed by atoms with Gasteiger partial charge >= 0.3 is 0 Å². The van der Waals surface area contributed by atoms with Crippen molar-refractivity contribution in [3.05, 3.63) is 120 Å². The van der Waals surface area contributed by atoms with Crippen LogP contribution in [0.5, 0.6) is 5.88 Å².